The molecule has 2 aromatic rings. The van der Waals surface area contributed by atoms with Crippen LogP contribution in [0.3, 0.4) is 0 Å². The van der Waals surface area contributed by atoms with Gasteiger partial charge in [-0.15, -0.1) is 0 Å². The fourth-order valence-electron chi connectivity index (χ4n) is 5.07. The topological polar surface area (TPSA) is 129 Å². The van der Waals surface area contributed by atoms with E-state index in [1.165, 1.54) is 47.1 Å². The molecule has 0 aliphatic heterocycles. The maximum absolute atomic E-state index is 13.5. The van der Waals surface area contributed by atoms with Crippen LogP contribution in [0.5, 0.6) is 11.5 Å². The van der Waals surface area contributed by atoms with Crippen LogP contribution in [-0.2, 0) is 28.7 Å². The van der Waals surface area contributed by atoms with Crippen LogP contribution in [0.2, 0.25) is 0 Å². The summed E-state index contributed by atoms with van der Waals surface area (Å²) < 4.78 is 269. The third kappa shape index (κ3) is 33.5. The summed E-state index contributed by atoms with van der Waals surface area (Å²) in [6, 6.07) is 14.8. The van der Waals surface area contributed by atoms with E-state index in [2.05, 4.69) is 36.5 Å². The van der Waals surface area contributed by atoms with Crippen LogP contribution in [0.1, 0.15) is 160 Å². The number of carbonyl (C=O) groups is 4. The zero-order chi connectivity index (χ0) is 65.6. The summed E-state index contributed by atoms with van der Waals surface area (Å²) in [6.45, 7) is 24.8. The first-order valence-electron chi connectivity index (χ1n) is 24.1. The molecule has 0 aliphatic rings. The Morgan fingerprint density at radius 3 is 1.27 bits per heavy atom. The Kier molecular flexibility index (Phi) is 46.5. The average molecular weight is 1270 g/mol. The SMILES string of the molecule is C.C.C=C(C)C(=O)OCCC(F)(F)CC(F)(F)CC(C)(F)F.C=Cc1ccc(OC(C)=O)cc1.CC.CC.CCC(C)(C)C(=O)OCCC(F)(F)C(F)(F)C(F)(F)C(F)(F)C(F)(F)C(F)(F)F.CCC(C)c1ccc(OC(C)=O)cc1.[B].[NH]=[Al]. The van der Waals surface area contributed by atoms with Gasteiger partial charge >= 0.3 is 80.1 Å². The quantitative estimate of drug-likeness (QED) is 0.0406. The second kappa shape index (κ2) is 41.1. The molecule has 0 aliphatic carbocycles. The predicted octanol–water partition coefficient (Wildman–Crippen LogP) is 18.5. The Morgan fingerprint density at radius 1 is 0.583 bits per heavy atom. The van der Waals surface area contributed by atoms with Crippen molar-refractivity contribution in [3.05, 3.63) is 78.4 Å². The summed E-state index contributed by atoms with van der Waals surface area (Å²) in [6.07, 6.45) is -12.3. The number of benzene rings is 2. The molecule has 9 nitrogen and oxygen atoms in total. The number of esters is 4. The van der Waals surface area contributed by atoms with Crippen LogP contribution in [0, 0.1) is 9.76 Å². The minimum absolute atomic E-state index is 0. The van der Waals surface area contributed by atoms with Crippen molar-refractivity contribution in [1.29, 1.82) is 4.35 Å². The number of rotatable bonds is 22. The van der Waals surface area contributed by atoms with Gasteiger partial charge in [-0.3, -0.25) is 14.4 Å². The molecule has 1 atom stereocenters. The molecule has 30 heteroatoms. The van der Waals surface area contributed by atoms with Crippen molar-refractivity contribution in [3.8, 4) is 11.5 Å². The molecule has 0 saturated heterocycles. The zero-order valence-corrected chi connectivity index (χ0v) is 48.6. The number of ether oxygens (including phenoxy) is 4. The van der Waals surface area contributed by atoms with E-state index < -0.39 is 110 Å². The molecule has 0 heterocycles. The normalized spacial score (nSPS) is 12.0. The molecule has 0 aromatic heterocycles. The molecular weight excluding hydrogens is 1190 g/mol. The molecule has 2 aromatic carbocycles. The van der Waals surface area contributed by atoms with Crippen LogP contribution in [-0.4, -0.2) is 115 Å². The van der Waals surface area contributed by atoms with Crippen molar-refractivity contribution in [1.82, 2.24) is 0 Å². The Morgan fingerprint density at radius 2 is 0.952 bits per heavy atom. The van der Waals surface area contributed by atoms with Crippen molar-refractivity contribution < 1.29 is 122 Å². The third-order valence-corrected chi connectivity index (χ3v) is 9.92. The Bertz CT molecular complexity index is 2190. The van der Waals surface area contributed by atoms with Crippen molar-refractivity contribution >= 4 is 54.5 Å². The Labute approximate surface area is 490 Å². The van der Waals surface area contributed by atoms with Gasteiger partial charge < -0.3 is 18.9 Å². The Hall–Kier alpha value is -5.13. The van der Waals surface area contributed by atoms with E-state index in [1.54, 1.807) is 34.3 Å². The molecule has 2 rings (SSSR count). The number of hydrogen-bond donors (Lipinski definition) is 1. The van der Waals surface area contributed by atoms with Crippen molar-refractivity contribution in [2.45, 2.75) is 203 Å². The molecule has 0 fully saturated rings. The van der Waals surface area contributed by atoms with Gasteiger partial charge in [0.05, 0.1) is 37.9 Å². The first kappa shape index (κ1) is 95.2. The van der Waals surface area contributed by atoms with Gasteiger partial charge in [-0.25, -0.2) is 31.1 Å². The monoisotopic (exact) mass is 1270 g/mol. The third-order valence-electron chi connectivity index (χ3n) is 9.92. The second-order valence-corrected chi connectivity index (χ2v) is 17.3. The van der Waals surface area contributed by atoms with Crippen LogP contribution in [0.4, 0.5) is 83.4 Å². The molecule has 0 spiro atoms. The van der Waals surface area contributed by atoms with E-state index in [0.717, 1.165) is 12.0 Å². The van der Waals surface area contributed by atoms with E-state index in [9.17, 15) is 103 Å². The first-order valence-corrected chi connectivity index (χ1v) is 24.7. The van der Waals surface area contributed by atoms with Gasteiger partial charge in [0.15, 0.2) is 0 Å². The van der Waals surface area contributed by atoms with E-state index in [0.29, 0.717) is 17.4 Å². The van der Waals surface area contributed by atoms with Gasteiger partial charge in [-0.1, -0.05) is 107 Å². The van der Waals surface area contributed by atoms with E-state index in [-0.39, 0.29) is 54.1 Å². The number of nitrogens with one attached hydrogen (secondary N) is 1. The van der Waals surface area contributed by atoms with Gasteiger partial charge in [0, 0.05) is 34.3 Å². The molecule has 84 heavy (non-hydrogen) atoms. The maximum atomic E-state index is 13.5. The van der Waals surface area contributed by atoms with E-state index in [4.69, 9.17) is 13.8 Å². The van der Waals surface area contributed by atoms with Crippen LogP contribution < -0.4 is 9.47 Å². The van der Waals surface area contributed by atoms with Crippen molar-refractivity contribution in [2.75, 3.05) is 13.2 Å². The number of halogens is 19. The van der Waals surface area contributed by atoms with Crippen molar-refractivity contribution in [2.24, 2.45) is 5.41 Å². The van der Waals surface area contributed by atoms with Crippen LogP contribution in [0.25, 0.3) is 6.08 Å². The van der Waals surface area contributed by atoms with Gasteiger partial charge in [0.1, 0.15) is 11.5 Å². The summed E-state index contributed by atoms with van der Waals surface area (Å²) in [4.78, 5) is 43.6. The predicted molar refractivity (Wildman–Crippen MR) is 285 cm³/mol. The molecule has 1 N–H and O–H groups in total. The van der Waals surface area contributed by atoms with Gasteiger partial charge in [0.2, 0.25) is 0 Å². The fraction of sp³-hybridized carbons (Fsp3) is 0.630. The number of alkyl halides is 19. The molecular formula is C54H78AlBF19NO8. The van der Waals surface area contributed by atoms with Crippen LogP contribution in [0.15, 0.2) is 67.3 Å². The van der Waals surface area contributed by atoms with Crippen molar-refractivity contribution in [3.63, 3.8) is 0 Å². The summed E-state index contributed by atoms with van der Waals surface area (Å²) in [7, 11) is 0. The molecule has 0 saturated carbocycles. The average Bonchev–Trinajstić information content (AvgIpc) is 3.34. The molecule has 0 amide bonds. The fourth-order valence-corrected chi connectivity index (χ4v) is 5.07. The number of hydrogen-bond acceptors (Lipinski definition) is 9. The summed E-state index contributed by atoms with van der Waals surface area (Å²) in [5.74, 6) is -50.1. The summed E-state index contributed by atoms with van der Waals surface area (Å²) >= 11 is 1.67. The summed E-state index contributed by atoms with van der Waals surface area (Å²) in [5, 5.41) is 0. The van der Waals surface area contributed by atoms with Gasteiger partial charge in [-0.2, -0.15) is 57.1 Å². The van der Waals surface area contributed by atoms with Gasteiger partial charge in [0.25, 0.3) is 17.8 Å². The molecule has 486 valence electrons. The molecule has 0 bridgehead atoms. The zero-order valence-electron chi connectivity index (χ0n) is 47.4. The molecule has 1 unspecified atom stereocenters. The first-order chi connectivity index (χ1) is 36.5. The van der Waals surface area contributed by atoms with E-state index in [1.807, 2.05) is 64.1 Å². The second-order valence-electron chi connectivity index (χ2n) is 17.3. The van der Waals surface area contributed by atoms with Gasteiger partial charge in [-0.05, 0) is 81.8 Å². The Balaban J connectivity index is -0.000000153. The standard InChI is InChI=1S/C14H15F13O2.C12H16F6O2.C12H16O2.C10H10O2.2C2H6.2CH4.Al.B.HN/c1-4-8(2,3)7(28)29-6-5-9(15,16)10(17,18)11(19,20)12(21,22)13(23,24)14(25,26)27;1-8(2)9(19)20-5-4-11(15,16)7-12(17,18)6-10(3,13)14;1-4-9(2)11-5-7-12(8-6-11)14-10(3)13;1-3-9-4-6-10(7-5-9)12-8(2)11;2*1-2;;;;;/h4-6H2,1-3H3;1,4-7H2,2-3H3;5-9H,4H2,1-3H3;3-7H,1H2,2H3;2*1-2H3;2*1H4;;;1H. The van der Waals surface area contributed by atoms with E-state index >= 15 is 0 Å². The minimum atomic E-state index is -7.94. The van der Waals surface area contributed by atoms with Crippen LogP contribution >= 0.6 is 0 Å². The molecule has 4 radical (unpaired) electrons. The number of carbonyl (C=O) groups excluding carboxylic acids is 4. The summed E-state index contributed by atoms with van der Waals surface area (Å²) in [5.41, 5.74) is 0.933.